The topological polar surface area (TPSA) is 32.7 Å². The van der Waals surface area contributed by atoms with E-state index in [0.717, 1.165) is 11.1 Å². The lowest BCUT2D eigenvalue weighted by atomic mass is 9.90. The molecule has 1 aliphatic rings. The van der Waals surface area contributed by atoms with Crippen LogP contribution in [0.3, 0.4) is 0 Å². The predicted octanol–water partition coefficient (Wildman–Crippen LogP) is 2.72. The van der Waals surface area contributed by atoms with Crippen LogP contribution in [0, 0.1) is 0 Å². The van der Waals surface area contributed by atoms with Crippen molar-refractivity contribution in [3.63, 3.8) is 0 Å². The second kappa shape index (κ2) is 6.34. The van der Waals surface area contributed by atoms with E-state index < -0.39 is 11.8 Å². The Morgan fingerprint density at radius 3 is 2.14 bits per heavy atom. The van der Waals surface area contributed by atoms with Gasteiger partial charge in [0.05, 0.1) is 6.61 Å². The van der Waals surface area contributed by atoms with Crippen LogP contribution in [0.4, 0.5) is 13.2 Å². The maximum Gasteiger partial charge on any atom is 0.417 e. The minimum Gasteiger partial charge on any atom is -0.380 e. The maximum absolute atomic E-state index is 12.7. The predicted molar refractivity (Wildman–Crippen MR) is 72.7 cm³/mol. The molecule has 0 radical (unpaired) electrons. The minimum absolute atomic E-state index is 0.246. The lowest BCUT2D eigenvalue weighted by molar-refractivity contribution is -0.272. The van der Waals surface area contributed by atoms with Crippen LogP contribution in [-0.2, 0) is 17.9 Å². The van der Waals surface area contributed by atoms with Crippen molar-refractivity contribution in [2.75, 3.05) is 20.2 Å². The molecule has 0 saturated carbocycles. The monoisotopic (exact) mass is 303 g/mol. The fourth-order valence-corrected chi connectivity index (χ4v) is 2.53. The van der Waals surface area contributed by atoms with Gasteiger partial charge in [0.1, 0.15) is 0 Å². The van der Waals surface area contributed by atoms with E-state index in [4.69, 9.17) is 4.74 Å². The number of ether oxygens (including phenoxy) is 1. The van der Waals surface area contributed by atoms with Crippen LogP contribution in [0.2, 0.25) is 0 Å². The van der Waals surface area contributed by atoms with Crippen LogP contribution in [0.1, 0.15) is 24.0 Å². The highest BCUT2D eigenvalue weighted by atomic mass is 19.4. The van der Waals surface area contributed by atoms with Crippen molar-refractivity contribution in [2.45, 2.75) is 37.8 Å². The molecule has 0 aliphatic carbocycles. The number of aliphatic hydroxyl groups is 1. The van der Waals surface area contributed by atoms with Gasteiger partial charge in [0, 0.05) is 26.7 Å². The van der Waals surface area contributed by atoms with Crippen molar-refractivity contribution in [3.8, 4) is 0 Å². The average Bonchev–Trinajstić information content (AvgIpc) is 2.43. The number of nitrogens with zero attached hydrogens (tertiary/aromatic N) is 1. The molecular formula is C15H20F3NO2. The molecule has 1 N–H and O–H groups in total. The number of hydrogen-bond acceptors (Lipinski definition) is 3. The van der Waals surface area contributed by atoms with Gasteiger partial charge in [-0.2, -0.15) is 13.2 Å². The van der Waals surface area contributed by atoms with Gasteiger partial charge in [-0.1, -0.05) is 24.3 Å². The van der Waals surface area contributed by atoms with Crippen molar-refractivity contribution in [2.24, 2.45) is 0 Å². The van der Waals surface area contributed by atoms with Gasteiger partial charge >= 0.3 is 6.18 Å². The molecule has 0 atom stereocenters. The SMILES string of the molecule is COCc1ccc(CN2CCC(O)(C(F)(F)F)CC2)cc1. The third-order valence-electron chi connectivity index (χ3n) is 3.95. The molecule has 0 aromatic heterocycles. The van der Waals surface area contributed by atoms with Gasteiger partial charge in [-0.25, -0.2) is 0 Å². The number of halogens is 3. The van der Waals surface area contributed by atoms with Gasteiger partial charge in [0.15, 0.2) is 5.60 Å². The molecule has 3 nitrogen and oxygen atoms in total. The molecule has 0 unspecified atom stereocenters. The number of likely N-dealkylation sites (tertiary alicyclic amines) is 1. The summed E-state index contributed by atoms with van der Waals surface area (Å²) in [6.45, 7) is 1.63. The summed E-state index contributed by atoms with van der Waals surface area (Å²) < 4.78 is 43.2. The van der Waals surface area contributed by atoms with Crippen molar-refractivity contribution in [1.29, 1.82) is 0 Å². The standard InChI is InChI=1S/C15H20F3NO2/c1-21-11-13-4-2-12(3-5-13)10-19-8-6-14(20,7-9-19)15(16,17)18/h2-5,20H,6-11H2,1H3. The normalized spacial score (nSPS) is 19.7. The van der Waals surface area contributed by atoms with Gasteiger partial charge in [0.25, 0.3) is 0 Å². The summed E-state index contributed by atoms with van der Waals surface area (Å²) in [4.78, 5) is 1.94. The van der Waals surface area contributed by atoms with Crippen molar-refractivity contribution in [1.82, 2.24) is 4.90 Å². The average molecular weight is 303 g/mol. The summed E-state index contributed by atoms with van der Waals surface area (Å²) in [5.41, 5.74) is -0.412. The number of piperidine rings is 1. The molecule has 0 spiro atoms. The Bertz CT molecular complexity index is 451. The van der Waals surface area contributed by atoms with E-state index >= 15 is 0 Å². The smallest absolute Gasteiger partial charge is 0.380 e. The lowest BCUT2D eigenvalue weighted by Gasteiger charge is -2.39. The van der Waals surface area contributed by atoms with Crippen molar-refractivity contribution >= 4 is 0 Å². The molecule has 1 saturated heterocycles. The number of alkyl halides is 3. The van der Waals surface area contributed by atoms with E-state index in [1.54, 1.807) is 7.11 Å². The number of benzene rings is 1. The first kappa shape index (κ1) is 16.3. The molecule has 1 heterocycles. The molecule has 1 aromatic rings. The Hall–Kier alpha value is -1.11. The minimum atomic E-state index is -4.54. The third-order valence-corrected chi connectivity index (χ3v) is 3.95. The molecule has 1 fully saturated rings. The molecule has 6 heteroatoms. The molecule has 0 amide bonds. The van der Waals surface area contributed by atoms with Crippen LogP contribution in [0.5, 0.6) is 0 Å². The first-order valence-corrected chi connectivity index (χ1v) is 6.92. The maximum atomic E-state index is 12.7. The van der Waals surface area contributed by atoms with E-state index in [1.165, 1.54) is 0 Å². The number of hydrogen-bond donors (Lipinski definition) is 1. The summed E-state index contributed by atoms with van der Waals surface area (Å²) in [6.07, 6.45) is -5.07. The Morgan fingerprint density at radius 1 is 1.14 bits per heavy atom. The molecule has 1 aromatic carbocycles. The quantitative estimate of drug-likeness (QED) is 0.928. The van der Waals surface area contributed by atoms with Crippen LogP contribution in [0.15, 0.2) is 24.3 Å². The van der Waals surface area contributed by atoms with E-state index in [2.05, 4.69) is 0 Å². The van der Waals surface area contributed by atoms with Crippen molar-refractivity contribution < 1.29 is 23.0 Å². The van der Waals surface area contributed by atoms with E-state index in [0.29, 0.717) is 13.2 Å². The van der Waals surface area contributed by atoms with Gasteiger partial charge < -0.3 is 9.84 Å². The highest BCUT2D eigenvalue weighted by molar-refractivity contribution is 5.22. The first-order valence-electron chi connectivity index (χ1n) is 6.92. The fourth-order valence-electron chi connectivity index (χ4n) is 2.53. The molecular weight excluding hydrogens is 283 g/mol. The highest BCUT2D eigenvalue weighted by Crippen LogP contribution is 2.38. The van der Waals surface area contributed by atoms with E-state index in [-0.39, 0.29) is 25.9 Å². The molecule has 118 valence electrons. The second-order valence-corrected chi connectivity index (χ2v) is 5.56. The Labute approximate surface area is 122 Å². The zero-order valence-electron chi connectivity index (χ0n) is 12.0. The Balaban J connectivity index is 1.89. The lowest BCUT2D eigenvalue weighted by Crippen LogP contribution is -2.53. The van der Waals surface area contributed by atoms with Gasteiger partial charge in [-0.05, 0) is 24.0 Å². The summed E-state index contributed by atoms with van der Waals surface area (Å²) in [5, 5.41) is 9.62. The zero-order chi connectivity index (χ0) is 15.5. The van der Waals surface area contributed by atoms with Gasteiger partial charge in [-0.15, -0.1) is 0 Å². The molecule has 1 aliphatic heterocycles. The van der Waals surface area contributed by atoms with Crippen LogP contribution in [0.25, 0.3) is 0 Å². The summed E-state index contributed by atoms with van der Waals surface area (Å²) >= 11 is 0. The van der Waals surface area contributed by atoms with E-state index in [9.17, 15) is 18.3 Å². The van der Waals surface area contributed by atoms with E-state index in [1.807, 2.05) is 29.2 Å². The Kier molecular flexibility index (Phi) is 4.91. The third kappa shape index (κ3) is 3.96. The Morgan fingerprint density at radius 2 is 1.67 bits per heavy atom. The molecule has 21 heavy (non-hydrogen) atoms. The van der Waals surface area contributed by atoms with Crippen molar-refractivity contribution in [3.05, 3.63) is 35.4 Å². The van der Waals surface area contributed by atoms with Crippen LogP contribution < -0.4 is 0 Å². The molecule has 0 bridgehead atoms. The largest absolute Gasteiger partial charge is 0.417 e. The number of methoxy groups -OCH3 is 1. The van der Waals surface area contributed by atoms with Crippen LogP contribution in [-0.4, -0.2) is 42.0 Å². The van der Waals surface area contributed by atoms with Gasteiger partial charge in [-0.3, -0.25) is 4.90 Å². The zero-order valence-corrected chi connectivity index (χ0v) is 12.0. The second-order valence-electron chi connectivity index (χ2n) is 5.56. The number of rotatable bonds is 4. The van der Waals surface area contributed by atoms with Gasteiger partial charge in [0.2, 0.25) is 0 Å². The molecule has 2 rings (SSSR count). The highest BCUT2D eigenvalue weighted by Gasteiger charge is 2.54. The summed E-state index contributed by atoms with van der Waals surface area (Å²) in [6, 6.07) is 7.82. The first-order chi connectivity index (χ1) is 9.84. The fraction of sp³-hybridized carbons (Fsp3) is 0.600. The van der Waals surface area contributed by atoms with Crippen LogP contribution >= 0.6 is 0 Å². The summed E-state index contributed by atoms with van der Waals surface area (Å²) in [7, 11) is 1.63. The summed E-state index contributed by atoms with van der Waals surface area (Å²) in [5.74, 6) is 0.